The fraction of sp³-hybridized carbons (Fsp3) is 0.636. The maximum absolute atomic E-state index is 13.2. The highest BCUT2D eigenvalue weighted by molar-refractivity contribution is 6.03. The van der Waals surface area contributed by atoms with Crippen molar-refractivity contribution in [2.45, 2.75) is 91.0 Å². The molecule has 3 rings (SSSR count). The third-order valence-electron chi connectivity index (χ3n) is 8.78. The maximum Gasteiger partial charge on any atom is 0.302 e. The second-order valence-corrected chi connectivity index (χ2v) is 12.0. The molecule has 1 aromatic heterocycles. The predicted octanol–water partition coefficient (Wildman–Crippen LogP) is 5.68. The lowest BCUT2D eigenvalue weighted by atomic mass is 9.68. The molecule has 0 bridgehead atoms. The number of ether oxygens (including phenoxy) is 2. The van der Waals surface area contributed by atoms with Crippen molar-refractivity contribution in [3.8, 4) is 0 Å². The molecular formula is C33H49N3O6. The summed E-state index contributed by atoms with van der Waals surface area (Å²) in [5.41, 5.74) is 1.24. The van der Waals surface area contributed by atoms with Gasteiger partial charge in [-0.05, 0) is 81.5 Å². The molecule has 1 aromatic rings. The highest BCUT2D eigenvalue weighted by Crippen LogP contribution is 2.44. The van der Waals surface area contributed by atoms with E-state index in [-0.39, 0.29) is 48.3 Å². The number of hydrogen-bond acceptors (Lipinski definition) is 8. The summed E-state index contributed by atoms with van der Waals surface area (Å²) in [6.45, 7) is 11.6. The molecule has 9 nitrogen and oxygen atoms in total. The highest BCUT2D eigenvalue weighted by Gasteiger charge is 2.35. The topological polar surface area (TPSA) is 109 Å². The van der Waals surface area contributed by atoms with Gasteiger partial charge in [-0.25, -0.2) is 4.98 Å². The Morgan fingerprint density at radius 2 is 1.74 bits per heavy atom. The minimum Gasteiger partial charge on any atom is -0.503 e. The molecule has 0 atom stereocenters. The Kier molecular flexibility index (Phi) is 13.0. The largest absolute Gasteiger partial charge is 0.503 e. The molecule has 0 aromatic carbocycles. The Morgan fingerprint density at radius 1 is 1.10 bits per heavy atom. The summed E-state index contributed by atoms with van der Waals surface area (Å²) in [5.74, 6) is -0.880. The van der Waals surface area contributed by atoms with E-state index in [2.05, 4.69) is 16.5 Å². The first-order chi connectivity index (χ1) is 20.1. The van der Waals surface area contributed by atoms with Crippen molar-refractivity contribution < 1.29 is 29.0 Å². The lowest BCUT2D eigenvalue weighted by Crippen LogP contribution is -2.49. The number of nitrogens with zero attached hydrogens (tertiary/aromatic N) is 3. The third-order valence-corrected chi connectivity index (χ3v) is 8.78. The molecule has 2 fully saturated rings. The number of aliphatic hydroxyl groups excluding tert-OH is 1. The predicted molar refractivity (Wildman–Crippen MR) is 163 cm³/mol. The van der Waals surface area contributed by atoms with Crippen LogP contribution in [0, 0.1) is 18.3 Å². The second kappa shape index (κ2) is 16.4. The van der Waals surface area contributed by atoms with E-state index in [0.29, 0.717) is 5.82 Å². The molecular weight excluding hydrogens is 534 g/mol. The van der Waals surface area contributed by atoms with E-state index in [4.69, 9.17) is 9.47 Å². The van der Waals surface area contributed by atoms with Crippen LogP contribution in [0.4, 0.5) is 5.82 Å². The van der Waals surface area contributed by atoms with Crippen LogP contribution >= 0.6 is 0 Å². The number of carbonyl (C=O) groups excluding carboxylic acids is 3. The molecule has 1 aliphatic carbocycles. The van der Waals surface area contributed by atoms with Crippen molar-refractivity contribution in [1.82, 2.24) is 9.88 Å². The number of pyridine rings is 1. The summed E-state index contributed by atoms with van der Waals surface area (Å²) in [7, 11) is 0. The van der Waals surface area contributed by atoms with Gasteiger partial charge in [-0.15, -0.1) is 0 Å². The number of aryl methyl sites for hydroxylation is 1. The van der Waals surface area contributed by atoms with Crippen molar-refractivity contribution in [2.24, 2.45) is 11.3 Å². The highest BCUT2D eigenvalue weighted by atomic mass is 16.5. The van der Waals surface area contributed by atoms with Crippen LogP contribution in [0.1, 0.15) is 83.6 Å². The number of carbonyl (C=O) groups is 3. The van der Waals surface area contributed by atoms with Crippen molar-refractivity contribution in [2.75, 3.05) is 37.7 Å². The van der Waals surface area contributed by atoms with Gasteiger partial charge in [-0.2, -0.15) is 0 Å². The number of aliphatic hydroxyl groups is 1. The average Bonchev–Trinajstić information content (AvgIpc) is 2.98. The molecule has 0 radical (unpaired) electrons. The van der Waals surface area contributed by atoms with Crippen LogP contribution in [0.5, 0.6) is 0 Å². The van der Waals surface area contributed by atoms with Gasteiger partial charge in [0.25, 0.3) is 5.91 Å². The first-order valence-corrected chi connectivity index (χ1v) is 15.4. The van der Waals surface area contributed by atoms with E-state index >= 15 is 0 Å². The van der Waals surface area contributed by atoms with Crippen LogP contribution in [0.2, 0.25) is 0 Å². The smallest absolute Gasteiger partial charge is 0.302 e. The Hall–Kier alpha value is -3.20. The quantitative estimate of drug-likeness (QED) is 0.129. The van der Waals surface area contributed by atoms with E-state index in [1.165, 1.54) is 58.1 Å². The number of amides is 1. The first kappa shape index (κ1) is 33.3. The van der Waals surface area contributed by atoms with Gasteiger partial charge in [0.15, 0.2) is 5.76 Å². The van der Waals surface area contributed by atoms with Gasteiger partial charge < -0.3 is 19.5 Å². The number of esters is 2. The molecule has 2 heterocycles. The monoisotopic (exact) mass is 583 g/mol. The van der Waals surface area contributed by atoms with Gasteiger partial charge in [0.2, 0.25) is 0 Å². The van der Waals surface area contributed by atoms with Crippen molar-refractivity contribution in [3.63, 3.8) is 0 Å². The lowest BCUT2D eigenvalue weighted by Gasteiger charge is -2.42. The zero-order chi connectivity index (χ0) is 30.5. The second-order valence-electron chi connectivity index (χ2n) is 12.0. The summed E-state index contributed by atoms with van der Waals surface area (Å²) in [4.78, 5) is 44.7. The molecule has 9 heteroatoms. The van der Waals surface area contributed by atoms with Crippen LogP contribution in [0.3, 0.4) is 0 Å². The number of hydrogen-bond donors (Lipinski definition) is 1. The van der Waals surface area contributed by atoms with Crippen LogP contribution in [0.25, 0.3) is 0 Å². The van der Waals surface area contributed by atoms with Crippen molar-refractivity contribution >= 4 is 23.7 Å². The molecule has 1 N–H and O–H groups in total. The fourth-order valence-electron chi connectivity index (χ4n) is 6.28. The van der Waals surface area contributed by atoms with Crippen molar-refractivity contribution in [1.29, 1.82) is 0 Å². The number of piperidine rings is 1. The minimum atomic E-state index is -0.456. The zero-order valence-electron chi connectivity index (χ0n) is 25.7. The zero-order valence-corrected chi connectivity index (χ0v) is 25.7. The van der Waals surface area contributed by atoms with E-state index in [0.717, 1.165) is 57.3 Å². The van der Waals surface area contributed by atoms with Gasteiger partial charge in [0.1, 0.15) is 5.82 Å². The normalized spacial score (nSPS) is 18.0. The number of allylic oxidation sites excluding steroid dienone is 2. The molecule has 1 saturated heterocycles. The van der Waals surface area contributed by atoms with Gasteiger partial charge in [0.05, 0.1) is 13.2 Å². The number of likely N-dealkylation sites (tertiary alicyclic amines) is 1. The minimum absolute atomic E-state index is 0.00203. The third kappa shape index (κ3) is 10.3. The Labute approximate surface area is 251 Å². The first-order valence-electron chi connectivity index (χ1n) is 15.4. The average molecular weight is 584 g/mol. The van der Waals surface area contributed by atoms with E-state index < -0.39 is 5.91 Å². The summed E-state index contributed by atoms with van der Waals surface area (Å²) in [5, 5.41) is 10.4. The van der Waals surface area contributed by atoms with E-state index in [9.17, 15) is 19.5 Å². The Balaban J connectivity index is 1.61. The van der Waals surface area contributed by atoms with Gasteiger partial charge >= 0.3 is 11.9 Å². The van der Waals surface area contributed by atoms with Crippen LogP contribution in [0.15, 0.2) is 42.8 Å². The summed E-state index contributed by atoms with van der Waals surface area (Å²) < 4.78 is 10.6. The van der Waals surface area contributed by atoms with Crippen LogP contribution in [-0.4, -0.2) is 71.7 Å². The summed E-state index contributed by atoms with van der Waals surface area (Å²) in [6, 6.07) is 3.71. The molecule has 232 valence electrons. The van der Waals surface area contributed by atoms with Crippen LogP contribution in [-0.2, 0) is 23.9 Å². The summed E-state index contributed by atoms with van der Waals surface area (Å²) in [6.07, 6.45) is 15.1. The number of anilines is 1. The molecule has 0 spiro atoms. The van der Waals surface area contributed by atoms with Gasteiger partial charge in [-0.3, -0.25) is 19.3 Å². The fourth-order valence-corrected chi connectivity index (χ4v) is 6.28. The SMILES string of the molecule is C=C/C=C(\O)C(=O)N(c1ccc(C)cn1)C1CCN(CCC2(CCC(COC(C)=O)COC(C)=O)CCCCC2)CC1. The van der Waals surface area contributed by atoms with E-state index in [1.807, 2.05) is 19.1 Å². The maximum atomic E-state index is 13.2. The van der Waals surface area contributed by atoms with Gasteiger partial charge in [0, 0.05) is 45.1 Å². The molecule has 42 heavy (non-hydrogen) atoms. The number of rotatable bonds is 14. The Morgan fingerprint density at radius 3 is 2.29 bits per heavy atom. The van der Waals surface area contributed by atoms with Crippen molar-refractivity contribution in [3.05, 3.63) is 48.4 Å². The number of aromatic nitrogens is 1. The Bertz CT molecular complexity index is 1050. The van der Waals surface area contributed by atoms with Crippen LogP contribution < -0.4 is 4.90 Å². The molecule has 1 aliphatic heterocycles. The lowest BCUT2D eigenvalue weighted by molar-refractivity contribution is -0.146. The molecule has 1 saturated carbocycles. The summed E-state index contributed by atoms with van der Waals surface area (Å²) >= 11 is 0. The molecule has 1 amide bonds. The molecule has 2 aliphatic rings. The van der Waals surface area contributed by atoms with E-state index in [1.54, 1.807) is 11.1 Å². The van der Waals surface area contributed by atoms with Gasteiger partial charge in [-0.1, -0.05) is 38.0 Å². The molecule has 0 unspecified atom stereocenters. The standard InChI is InChI=1S/C33H49N3O6/c1-5-9-30(39)32(40)36(31-11-10-25(2)22-34-31)29-13-19-35(20-14-29)21-18-33(15-7-6-8-16-33)17-12-28(23-41-26(3)37)24-42-27(4)38/h5,9-11,22,28-29,39H,1,6-8,12-21,23-24H2,2-4H3/b30-9-.